The first-order valence-electron chi connectivity index (χ1n) is 7.53. The van der Waals surface area contributed by atoms with Crippen molar-refractivity contribution in [2.24, 2.45) is 0 Å². The summed E-state index contributed by atoms with van der Waals surface area (Å²) in [5.41, 5.74) is 3.02. The number of amides is 1. The van der Waals surface area contributed by atoms with Crippen molar-refractivity contribution in [3.8, 4) is 5.75 Å². The van der Waals surface area contributed by atoms with Gasteiger partial charge in [0.25, 0.3) is 5.91 Å². The van der Waals surface area contributed by atoms with Gasteiger partial charge in [0.1, 0.15) is 5.75 Å². The van der Waals surface area contributed by atoms with Gasteiger partial charge >= 0.3 is 0 Å². The second-order valence-electron chi connectivity index (χ2n) is 5.84. The number of hydrogen-bond donors (Lipinski definition) is 0. The molecule has 0 spiro atoms. The molecule has 0 aromatic heterocycles. The average molecular weight is 297 g/mol. The Balaban J connectivity index is 2.02. The number of ether oxygens (including phenoxy) is 1. The van der Waals surface area contributed by atoms with Crippen LogP contribution in [0, 0.1) is 6.92 Å². The lowest BCUT2D eigenvalue weighted by atomic mass is 10.1. The van der Waals surface area contributed by atoms with E-state index < -0.39 is 0 Å². The lowest BCUT2D eigenvalue weighted by molar-refractivity contribution is 0.0785. The van der Waals surface area contributed by atoms with Crippen LogP contribution in [-0.2, 0) is 6.54 Å². The standard InChI is InChI=1S/C19H23NO2/c1-14(2)22-18-11-9-17(10-12-18)19(21)20(4)13-16-7-5-15(3)6-8-16/h5-12,14H,13H2,1-4H3. The van der Waals surface area contributed by atoms with Gasteiger partial charge in [0.2, 0.25) is 0 Å². The van der Waals surface area contributed by atoms with Crippen molar-refractivity contribution in [3.05, 3.63) is 65.2 Å². The summed E-state index contributed by atoms with van der Waals surface area (Å²) in [6.45, 7) is 6.62. The molecule has 2 rings (SSSR count). The Kier molecular flexibility index (Phi) is 5.21. The number of hydrogen-bond acceptors (Lipinski definition) is 2. The van der Waals surface area contributed by atoms with Crippen molar-refractivity contribution in [2.75, 3.05) is 7.05 Å². The van der Waals surface area contributed by atoms with Gasteiger partial charge in [-0.2, -0.15) is 0 Å². The molecule has 2 aromatic carbocycles. The summed E-state index contributed by atoms with van der Waals surface area (Å²) in [5.74, 6) is 0.796. The highest BCUT2D eigenvalue weighted by atomic mass is 16.5. The summed E-state index contributed by atoms with van der Waals surface area (Å²) >= 11 is 0. The summed E-state index contributed by atoms with van der Waals surface area (Å²) < 4.78 is 5.59. The Morgan fingerprint density at radius 2 is 1.64 bits per heavy atom. The van der Waals surface area contributed by atoms with Gasteiger partial charge in [0, 0.05) is 19.2 Å². The first kappa shape index (κ1) is 16.1. The van der Waals surface area contributed by atoms with Crippen molar-refractivity contribution < 1.29 is 9.53 Å². The van der Waals surface area contributed by atoms with Gasteiger partial charge in [-0.15, -0.1) is 0 Å². The van der Waals surface area contributed by atoms with Crippen molar-refractivity contribution in [2.45, 2.75) is 33.4 Å². The van der Waals surface area contributed by atoms with Gasteiger partial charge < -0.3 is 9.64 Å². The Morgan fingerprint density at radius 3 is 2.18 bits per heavy atom. The second-order valence-corrected chi connectivity index (χ2v) is 5.84. The average Bonchev–Trinajstić information content (AvgIpc) is 2.49. The second kappa shape index (κ2) is 7.12. The lowest BCUT2D eigenvalue weighted by Crippen LogP contribution is -2.26. The van der Waals surface area contributed by atoms with Crippen molar-refractivity contribution in [1.82, 2.24) is 4.90 Å². The minimum atomic E-state index is 0.0108. The highest BCUT2D eigenvalue weighted by Gasteiger charge is 2.12. The number of carbonyl (C=O) groups excluding carboxylic acids is 1. The monoisotopic (exact) mass is 297 g/mol. The summed E-state index contributed by atoms with van der Waals surface area (Å²) in [6.07, 6.45) is 0.130. The van der Waals surface area contributed by atoms with Crippen LogP contribution >= 0.6 is 0 Å². The third-order valence-corrected chi connectivity index (χ3v) is 3.36. The fourth-order valence-electron chi connectivity index (χ4n) is 2.21. The minimum absolute atomic E-state index is 0.0108. The number of nitrogens with zero attached hydrogens (tertiary/aromatic N) is 1. The van der Waals surface area contributed by atoms with Crippen LogP contribution in [0.25, 0.3) is 0 Å². The Bertz CT molecular complexity index is 615. The van der Waals surface area contributed by atoms with Crippen LogP contribution in [0.1, 0.15) is 35.3 Å². The van der Waals surface area contributed by atoms with Crippen LogP contribution in [-0.4, -0.2) is 24.0 Å². The molecule has 0 bridgehead atoms. The third kappa shape index (κ3) is 4.35. The van der Waals surface area contributed by atoms with Crippen LogP contribution in [0.5, 0.6) is 5.75 Å². The molecule has 0 saturated heterocycles. The highest BCUT2D eigenvalue weighted by molar-refractivity contribution is 5.94. The molecule has 22 heavy (non-hydrogen) atoms. The van der Waals surface area contributed by atoms with E-state index in [2.05, 4.69) is 31.2 Å². The number of benzene rings is 2. The van der Waals surface area contributed by atoms with Gasteiger partial charge in [-0.05, 0) is 50.6 Å². The SMILES string of the molecule is Cc1ccc(CN(C)C(=O)c2ccc(OC(C)C)cc2)cc1. The molecular weight excluding hydrogens is 274 g/mol. The molecule has 0 N–H and O–H groups in total. The Morgan fingerprint density at radius 1 is 1.05 bits per heavy atom. The minimum Gasteiger partial charge on any atom is -0.491 e. The van der Waals surface area contributed by atoms with E-state index in [0.29, 0.717) is 12.1 Å². The largest absolute Gasteiger partial charge is 0.491 e. The lowest BCUT2D eigenvalue weighted by Gasteiger charge is -2.18. The predicted molar refractivity (Wildman–Crippen MR) is 89.2 cm³/mol. The molecule has 0 atom stereocenters. The fourth-order valence-corrected chi connectivity index (χ4v) is 2.21. The van der Waals surface area contributed by atoms with Crippen LogP contribution in [0.4, 0.5) is 0 Å². The molecule has 1 amide bonds. The number of carbonyl (C=O) groups is 1. The van der Waals surface area contributed by atoms with Crippen molar-refractivity contribution in [1.29, 1.82) is 0 Å². The zero-order chi connectivity index (χ0) is 16.1. The highest BCUT2D eigenvalue weighted by Crippen LogP contribution is 2.16. The third-order valence-electron chi connectivity index (χ3n) is 3.36. The molecule has 116 valence electrons. The number of aryl methyl sites for hydroxylation is 1. The Labute approximate surface area is 132 Å². The van der Waals surface area contributed by atoms with Crippen LogP contribution < -0.4 is 4.74 Å². The molecule has 0 radical (unpaired) electrons. The van der Waals surface area contributed by atoms with Crippen molar-refractivity contribution in [3.63, 3.8) is 0 Å². The van der Waals surface area contributed by atoms with E-state index in [9.17, 15) is 4.79 Å². The van der Waals surface area contributed by atoms with E-state index in [1.165, 1.54) is 5.56 Å². The molecule has 0 heterocycles. The maximum absolute atomic E-state index is 12.4. The van der Waals surface area contributed by atoms with E-state index in [-0.39, 0.29) is 12.0 Å². The van der Waals surface area contributed by atoms with Gasteiger partial charge in [-0.1, -0.05) is 29.8 Å². The quantitative estimate of drug-likeness (QED) is 0.833. The van der Waals surface area contributed by atoms with Gasteiger partial charge in [0.05, 0.1) is 6.10 Å². The van der Waals surface area contributed by atoms with E-state index in [4.69, 9.17) is 4.74 Å². The zero-order valence-electron chi connectivity index (χ0n) is 13.7. The van der Waals surface area contributed by atoms with E-state index in [0.717, 1.165) is 11.3 Å². The van der Waals surface area contributed by atoms with Gasteiger partial charge in [0.15, 0.2) is 0 Å². The summed E-state index contributed by atoms with van der Waals surface area (Å²) in [6, 6.07) is 15.5. The maximum atomic E-state index is 12.4. The molecule has 0 fully saturated rings. The summed E-state index contributed by atoms with van der Waals surface area (Å²) in [5, 5.41) is 0. The zero-order valence-corrected chi connectivity index (χ0v) is 13.7. The topological polar surface area (TPSA) is 29.5 Å². The fraction of sp³-hybridized carbons (Fsp3) is 0.316. The summed E-state index contributed by atoms with van der Waals surface area (Å²) in [4.78, 5) is 14.2. The van der Waals surface area contributed by atoms with Crippen LogP contribution in [0.2, 0.25) is 0 Å². The van der Waals surface area contributed by atoms with E-state index >= 15 is 0 Å². The first-order valence-corrected chi connectivity index (χ1v) is 7.53. The molecular formula is C19H23NO2. The van der Waals surface area contributed by atoms with Gasteiger partial charge in [-0.25, -0.2) is 0 Å². The first-order chi connectivity index (χ1) is 10.5. The van der Waals surface area contributed by atoms with E-state index in [1.807, 2.05) is 45.2 Å². The summed E-state index contributed by atoms with van der Waals surface area (Å²) in [7, 11) is 1.82. The smallest absolute Gasteiger partial charge is 0.253 e. The van der Waals surface area contributed by atoms with Gasteiger partial charge in [-0.3, -0.25) is 4.79 Å². The molecule has 0 unspecified atom stereocenters. The van der Waals surface area contributed by atoms with Crippen LogP contribution in [0.3, 0.4) is 0 Å². The maximum Gasteiger partial charge on any atom is 0.253 e. The molecule has 0 aliphatic heterocycles. The molecule has 2 aromatic rings. The number of rotatable bonds is 5. The normalized spacial score (nSPS) is 10.6. The molecule has 3 heteroatoms. The van der Waals surface area contributed by atoms with Crippen molar-refractivity contribution >= 4 is 5.91 Å². The molecule has 3 nitrogen and oxygen atoms in total. The predicted octanol–water partition coefficient (Wildman–Crippen LogP) is 4.05. The molecule has 0 saturated carbocycles. The van der Waals surface area contributed by atoms with E-state index in [1.54, 1.807) is 4.90 Å². The Hall–Kier alpha value is -2.29. The molecule has 0 aliphatic carbocycles. The molecule has 0 aliphatic rings. The van der Waals surface area contributed by atoms with Crippen LogP contribution in [0.15, 0.2) is 48.5 Å².